The number of anilines is 1. The third kappa shape index (κ3) is 3.96. The van der Waals surface area contributed by atoms with Gasteiger partial charge in [0, 0.05) is 17.4 Å². The molecule has 0 bridgehead atoms. The highest BCUT2D eigenvalue weighted by molar-refractivity contribution is 7.80. The summed E-state index contributed by atoms with van der Waals surface area (Å²) >= 11 is 5.64. The van der Waals surface area contributed by atoms with Crippen molar-refractivity contribution in [1.82, 2.24) is 10.3 Å². The largest absolute Gasteiger partial charge is 0.478 e. The highest BCUT2D eigenvalue weighted by Crippen LogP contribution is 2.42. The summed E-state index contributed by atoms with van der Waals surface area (Å²) in [5, 5.41) is 13.1. The second kappa shape index (κ2) is 8.48. The number of carboxylic acid groups (broad SMARTS) is 1. The van der Waals surface area contributed by atoms with Crippen LogP contribution in [0.3, 0.4) is 0 Å². The first-order valence-corrected chi connectivity index (χ1v) is 10.6. The Morgan fingerprint density at radius 3 is 2.61 bits per heavy atom. The third-order valence-electron chi connectivity index (χ3n) is 5.52. The Morgan fingerprint density at radius 1 is 1.06 bits per heavy atom. The van der Waals surface area contributed by atoms with E-state index in [1.807, 2.05) is 29.2 Å². The number of benzene rings is 2. The summed E-state index contributed by atoms with van der Waals surface area (Å²) in [4.78, 5) is 17.7. The molecule has 8 heteroatoms. The lowest BCUT2D eigenvalue weighted by Gasteiger charge is -2.26. The number of pyridine rings is 1. The van der Waals surface area contributed by atoms with Crippen molar-refractivity contribution in [2.75, 3.05) is 4.90 Å². The second-order valence-electron chi connectivity index (χ2n) is 7.56. The minimum atomic E-state index is -1.01. The van der Waals surface area contributed by atoms with Crippen LogP contribution < -0.4 is 10.2 Å². The average molecular weight is 460 g/mol. The first-order valence-electron chi connectivity index (χ1n) is 10.2. The molecule has 0 saturated carbocycles. The maximum atomic E-state index is 13.6. The van der Waals surface area contributed by atoms with E-state index < -0.39 is 12.0 Å². The molecule has 6 nitrogen and oxygen atoms in total. The van der Waals surface area contributed by atoms with Crippen molar-refractivity contribution in [3.63, 3.8) is 0 Å². The van der Waals surface area contributed by atoms with E-state index in [2.05, 4.69) is 10.3 Å². The molecule has 2 aromatic heterocycles. The number of rotatable bonds is 5. The number of aromatic carboxylic acids is 1. The van der Waals surface area contributed by atoms with Gasteiger partial charge in [-0.05, 0) is 72.9 Å². The minimum Gasteiger partial charge on any atom is -0.478 e. The topological polar surface area (TPSA) is 78.6 Å². The number of hydrogen-bond donors (Lipinski definition) is 2. The highest BCUT2D eigenvalue weighted by Gasteiger charge is 2.42. The standard InChI is InChI=1S/C25H18FN3O3S/c26-17-7-9-18(10-8-17)29-23(22(28-25(29)33)19-6-1-2-13-27-19)21-12-11-20(32-21)15-4-3-5-16(14-15)24(30)31/h1-14,22-23H,(H,28,33)(H,30,31)/t22-,23+/m0/s1. The van der Waals surface area contributed by atoms with E-state index in [0.29, 0.717) is 27.9 Å². The van der Waals surface area contributed by atoms with Crippen molar-refractivity contribution < 1.29 is 18.7 Å². The Labute approximate surface area is 194 Å². The molecule has 2 aromatic carbocycles. The van der Waals surface area contributed by atoms with Crippen LogP contribution in [0.5, 0.6) is 0 Å². The molecule has 164 valence electrons. The van der Waals surface area contributed by atoms with Gasteiger partial charge in [0.15, 0.2) is 5.11 Å². The quantitative estimate of drug-likeness (QED) is 0.389. The van der Waals surface area contributed by atoms with Gasteiger partial charge in [0.2, 0.25) is 0 Å². The van der Waals surface area contributed by atoms with Gasteiger partial charge < -0.3 is 19.7 Å². The summed E-state index contributed by atoms with van der Waals surface area (Å²) in [6.45, 7) is 0. The first-order chi connectivity index (χ1) is 16.0. The zero-order chi connectivity index (χ0) is 22.9. The fourth-order valence-corrected chi connectivity index (χ4v) is 4.34. The zero-order valence-corrected chi connectivity index (χ0v) is 18.0. The lowest BCUT2D eigenvalue weighted by molar-refractivity contribution is 0.0697. The van der Waals surface area contributed by atoms with Crippen molar-refractivity contribution in [2.24, 2.45) is 0 Å². The van der Waals surface area contributed by atoms with Crippen LogP contribution >= 0.6 is 12.2 Å². The molecule has 1 saturated heterocycles. The van der Waals surface area contributed by atoms with E-state index in [1.165, 1.54) is 18.2 Å². The Hall–Kier alpha value is -4.04. The highest BCUT2D eigenvalue weighted by atomic mass is 32.1. The average Bonchev–Trinajstić information content (AvgIpc) is 3.45. The fraction of sp³-hybridized carbons (Fsp3) is 0.0800. The van der Waals surface area contributed by atoms with Crippen LogP contribution in [0.1, 0.15) is 33.9 Å². The lowest BCUT2D eigenvalue weighted by Crippen LogP contribution is -2.29. The first kappa shape index (κ1) is 20.8. The van der Waals surface area contributed by atoms with Crippen LogP contribution in [0.2, 0.25) is 0 Å². The molecule has 0 unspecified atom stereocenters. The van der Waals surface area contributed by atoms with Crippen molar-refractivity contribution in [3.05, 3.63) is 108 Å². The van der Waals surface area contributed by atoms with Gasteiger partial charge >= 0.3 is 5.97 Å². The number of furan rings is 1. The second-order valence-corrected chi connectivity index (χ2v) is 7.95. The van der Waals surface area contributed by atoms with Gasteiger partial charge in [-0.15, -0.1) is 0 Å². The summed E-state index contributed by atoms with van der Waals surface area (Å²) in [6.07, 6.45) is 1.71. The van der Waals surface area contributed by atoms with Crippen LogP contribution in [-0.2, 0) is 0 Å². The molecular weight excluding hydrogens is 441 g/mol. The molecule has 0 radical (unpaired) electrons. The van der Waals surface area contributed by atoms with Gasteiger partial charge in [-0.25, -0.2) is 9.18 Å². The molecule has 2 atom stereocenters. The molecule has 5 rings (SSSR count). The van der Waals surface area contributed by atoms with Crippen LogP contribution in [0.25, 0.3) is 11.3 Å². The fourth-order valence-electron chi connectivity index (χ4n) is 4.00. The van der Waals surface area contributed by atoms with Crippen LogP contribution in [-0.4, -0.2) is 21.2 Å². The molecule has 33 heavy (non-hydrogen) atoms. The Morgan fingerprint density at radius 2 is 1.88 bits per heavy atom. The van der Waals surface area contributed by atoms with Crippen LogP contribution in [0.4, 0.5) is 10.1 Å². The number of nitrogens with one attached hydrogen (secondary N) is 1. The minimum absolute atomic E-state index is 0.175. The van der Waals surface area contributed by atoms with E-state index in [0.717, 1.165) is 5.69 Å². The number of halogens is 1. The van der Waals surface area contributed by atoms with Gasteiger partial charge in [-0.1, -0.05) is 18.2 Å². The molecule has 0 spiro atoms. The Balaban J connectivity index is 1.58. The lowest BCUT2D eigenvalue weighted by atomic mass is 10.0. The third-order valence-corrected chi connectivity index (χ3v) is 5.83. The van der Waals surface area contributed by atoms with Crippen molar-refractivity contribution in [1.29, 1.82) is 0 Å². The van der Waals surface area contributed by atoms with E-state index in [9.17, 15) is 14.3 Å². The van der Waals surface area contributed by atoms with Gasteiger partial charge in [0.1, 0.15) is 23.4 Å². The summed E-state index contributed by atoms with van der Waals surface area (Å²) in [5.41, 5.74) is 2.31. The molecule has 2 N–H and O–H groups in total. The molecule has 0 amide bonds. The summed E-state index contributed by atoms with van der Waals surface area (Å²) in [7, 11) is 0. The molecule has 3 heterocycles. The number of carbonyl (C=O) groups is 1. The normalized spacial score (nSPS) is 17.7. The molecule has 1 aliphatic heterocycles. The van der Waals surface area contributed by atoms with E-state index in [-0.39, 0.29) is 17.4 Å². The number of hydrogen-bond acceptors (Lipinski definition) is 4. The van der Waals surface area contributed by atoms with E-state index in [4.69, 9.17) is 16.6 Å². The van der Waals surface area contributed by atoms with E-state index >= 15 is 0 Å². The van der Waals surface area contributed by atoms with Crippen molar-refractivity contribution in [3.8, 4) is 11.3 Å². The number of carboxylic acids is 1. The smallest absolute Gasteiger partial charge is 0.335 e. The zero-order valence-electron chi connectivity index (χ0n) is 17.2. The molecular formula is C25H18FN3O3S. The van der Waals surface area contributed by atoms with Gasteiger partial charge in [0.25, 0.3) is 0 Å². The summed E-state index contributed by atoms with van der Waals surface area (Å²) < 4.78 is 19.8. The Bertz CT molecular complexity index is 1320. The van der Waals surface area contributed by atoms with E-state index in [1.54, 1.807) is 42.6 Å². The number of thiocarbonyl (C=S) groups is 1. The maximum Gasteiger partial charge on any atom is 0.335 e. The molecule has 1 fully saturated rings. The van der Waals surface area contributed by atoms with Crippen molar-refractivity contribution >= 4 is 29.0 Å². The van der Waals surface area contributed by atoms with Gasteiger partial charge in [-0.3, -0.25) is 4.98 Å². The summed E-state index contributed by atoms with van der Waals surface area (Å²) in [6, 6.07) is 21.2. The maximum absolute atomic E-state index is 13.6. The van der Waals surface area contributed by atoms with Crippen molar-refractivity contribution in [2.45, 2.75) is 12.1 Å². The van der Waals surface area contributed by atoms with Gasteiger partial charge in [0.05, 0.1) is 17.3 Å². The van der Waals surface area contributed by atoms with Gasteiger partial charge in [-0.2, -0.15) is 0 Å². The SMILES string of the molecule is O=C(O)c1cccc(-c2ccc([C@@H]3[C@H](c4ccccn4)NC(=S)N3c3ccc(F)cc3)o2)c1. The predicted molar refractivity (Wildman–Crippen MR) is 125 cm³/mol. The monoisotopic (exact) mass is 459 g/mol. The molecule has 1 aliphatic rings. The molecule has 0 aliphatic carbocycles. The number of aromatic nitrogens is 1. The number of nitrogens with zero attached hydrogens (tertiary/aromatic N) is 2. The summed E-state index contributed by atoms with van der Waals surface area (Å²) in [5.74, 6) is -0.206. The molecule has 4 aromatic rings. The van der Waals surface area contributed by atoms with Crippen LogP contribution in [0, 0.1) is 5.82 Å². The van der Waals surface area contributed by atoms with Crippen LogP contribution in [0.15, 0.2) is 89.5 Å². The Kier molecular flexibility index (Phi) is 5.35. The predicted octanol–water partition coefficient (Wildman–Crippen LogP) is 5.36.